The van der Waals surface area contributed by atoms with Crippen LogP contribution in [0.4, 0.5) is 5.69 Å². The predicted molar refractivity (Wildman–Crippen MR) is 162 cm³/mol. The summed E-state index contributed by atoms with van der Waals surface area (Å²) in [5, 5.41) is 9.88. The van der Waals surface area contributed by atoms with E-state index in [2.05, 4.69) is 6.07 Å². The lowest BCUT2D eigenvalue weighted by molar-refractivity contribution is -0.122. The number of carbonyl (C=O) groups excluding carboxylic acids is 2. The van der Waals surface area contributed by atoms with Gasteiger partial charge in [0.15, 0.2) is 16.7 Å². The lowest BCUT2D eigenvalue weighted by Crippen LogP contribution is -2.40. The first-order valence-corrected chi connectivity index (χ1v) is 14.4. The zero-order valence-corrected chi connectivity index (χ0v) is 24.2. The van der Waals surface area contributed by atoms with Crippen molar-refractivity contribution in [3.63, 3.8) is 0 Å². The number of carbonyl (C=O) groups is 2. The van der Waals surface area contributed by atoms with Crippen LogP contribution >= 0.6 is 11.8 Å². The molecular weight excluding hydrogens is 552 g/mol. The predicted octanol–water partition coefficient (Wildman–Crippen LogP) is 5.24. The molecule has 3 aromatic rings. The van der Waals surface area contributed by atoms with Crippen LogP contribution in [0.25, 0.3) is 6.08 Å². The van der Waals surface area contributed by atoms with Crippen molar-refractivity contribution < 1.29 is 23.8 Å². The maximum absolute atomic E-state index is 13.3. The fourth-order valence-electron chi connectivity index (χ4n) is 4.59. The van der Waals surface area contributed by atoms with Gasteiger partial charge in [-0.05, 0) is 66.7 Å². The third-order valence-electron chi connectivity index (χ3n) is 6.83. The van der Waals surface area contributed by atoms with E-state index >= 15 is 0 Å². The van der Waals surface area contributed by atoms with E-state index in [1.165, 1.54) is 11.8 Å². The summed E-state index contributed by atoms with van der Waals surface area (Å²) in [6.45, 7) is 4.76. The van der Waals surface area contributed by atoms with Crippen molar-refractivity contribution in [1.82, 2.24) is 9.80 Å². The summed E-state index contributed by atoms with van der Waals surface area (Å²) in [5.41, 5.74) is 3.26. The Kier molecular flexibility index (Phi) is 9.21. The first-order valence-electron chi connectivity index (χ1n) is 13.6. The van der Waals surface area contributed by atoms with Gasteiger partial charge >= 0.3 is 0 Å². The van der Waals surface area contributed by atoms with E-state index in [4.69, 9.17) is 19.2 Å². The topological polar surface area (TPSA) is 104 Å². The van der Waals surface area contributed by atoms with Crippen LogP contribution in [0.3, 0.4) is 0 Å². The van der Waals surface area contributed by atoms with Gasteiger partial charge < -0.3 is 19.1 Å². The maximum atomic E-state index is 13.3. The number of hydrogen-bond acceptors (Lipinski definition) is 8. The van der Waals surface area contributed by atoms with Crippen LogP contribution in [-0.4, -0.2) is 66.7 Å². The van der Waals surface area contributed by atoms with Gasteiger partial charge in [-0.15, -0.1) is 0 Å². The highest BCUT2D eigenvalue weighted by molar-refractivity contribution is 8.18. The average molecular weight is 583 g/mol. The lowest BCUT2D eigenvalue weighted by Gasteiger charge is -2.26. The number of amides is 2. The van der Waals surface area contributed by atoms with Crippen molar-refractivity contribution >= 4 is 40.5 Å². The molecule has 2 fully saturated rings. The van der Waals surface area contributed by atoms with Crippen LogP contribution in [-0.2, 0) is 16.1 Å². The molecule has 214 valence electrons. The molecule has 0 spiro atoms. The minimum atomic E-state index is -0.144. The van der Waals surface area contributed by atoms with Crippen LogP contribution in [0.5, 0.6) is 11.5 Å². The lowest BCUT2D eigenvalue weighted by atomic mass is 10.1. The van der Waals surface area contributed by atoms with E-state index in [1.807, 2.05) is 37.3 Å². The van der Waals surface area contributed by atoms with Crippen molar-refractivity contribution in [3.05, 3.63) is 93.9 Å². The van der Waals surface area contributed by atoms with Gasteiger partial charge in [0.05, 0.1) is 42.5 Å². The van der Waals surface area contributed by atoms with Gasteiger partial charge in [0.1, 0.15) is 6.61 Å². The molecule has 2 amide bonds. The second kappa shape index (κ2) is 13.4. The summed E-state index contributed by atoms with van der Waals surface area (Å²) in [7, 11) is 1.55. The molecule has 42 heavy (non-hydrogen) atoms. The Hall–Kier alpha value is -4.59. The number of rotatable bonds is 8. The largest absolute Gasteiger partial charge is 0.493 e. The van der Waals surface area contributed by atoms with Crippen LogP contribution in [0.15, 0.2) is 76.6 Å². The molecular formula is C32H30N4O5S. The average Bonchev–Trinajstić information content (AvgIpc) is 3.33. The number of hydrogen-bond donors (Lipinski definition) is 0. The van der Waals surface area contributed by atoms with Gasteiger partial charge in [0, 0.05) is 30.8 Å². The number of methoxy groups -OCH3 is 1. The molecule has 2 heterocycles. The second-order valence-electron chi connectivity index (χ2n) is 9.48. The molecule has 2 aliphatic rings. The summed E-state index contributed by atoms with van der Waals surface area (Å²) in [5.74, 6) is 0.840. The number of thioether (sulfide) groups is 1. The summed E-state index contributed by atoms with van der Waals surface area (Å²) in [6, 6.07) is 22.0. The van der Waals surface area contributed by atoms with E-state index < -0.39 is 0 Å². The first kappa shape index (κ1) is 28.9. The molecule has 0 radical (unpaired) electrons. The Morgan fingerprint density at radius 3 is 2.67 bits per heavy atom. The van der Waals surface area contributed by atoms with Crippen molar-refractivity contribution in [2.45, 2.75) is 13.5 Å². The van der Waals surface area contributed by atoms with Crippen LogP contribution in [0.1, 0.15) is 34.0 Å². The molecule has 5 rings (SSSR count). The molecule has 0 atom stereocenters. The van der Waals surface area contributed by atoms with Crippen molar-refractivity contribution in [1.29, 1.82) is 5.26 Å². The molecule has 9 nitrogen and oxygen atoms in total. The molecule has 0 N–H and O–H groups in total. The number of benzene rings is 3. The van der Waals surface area contributed by atoms with Gasteiger partial charge in [-0.1, -0.05) is 30.3 Å². The minimum absolute atomic E-state index is 0.0564. The van der Waals surface area contributed by atoms with E-state index in [0.29, 0.717) is 71.2 Å². The van der Waals surface area contributed by atoms with E-state index in [0.717, 1.165) is 11.1 Å². The van der Waals surface area contributed by atoms with Gasteiger partial charge in [-0.3, -0.25) is 14.5 Å². The Labute approximate surface area is 249 Å². The van der Waals surface area contributed by atoms with E-state index in [9.17, 15) is 14.9 Å². The molecule has 0 bridgehead atoms. The van der Waals surface area contributed by atoms with Crippen molar-refractivity contribution in [2.75, 3.05) is 40.0 Å². The third-order valence-corrected chi connectivity index (χ3v) is 7.83. The van der Waals surface area contributed by atoms with Gasteiger partial charge in [-0.25, -0.2) is 4.99 Å². The number of ether oxygens (including phenoxy) is 3. The monoisotopic (exact) mass is 582 g/mol. The van der Waals surface area contributed by atoms with Crippen LogP contribution in [0.2, 0.25) is 0 Å². The Bertz CT molecular complexity index is 1590. The Morgan fingerprint density at radius 1 is 1.10 bits per heavy atom. The maximum Gasteiger partial charge on any atom is 0.266 e. The molecule has 3 aromatic carbocycles. The third kappa shape index (κ3) is 6.48. The molecule has 2 aliphatic heterocycles. The number of morpholine rings is 1. The summed E-state index contributed by atoms with van der Waals surface area (Å²) in [4.78, 5) is 34.9. The van der Waals surface area contributed by atoms with Crippen LogP contribution < -0.4 is 9.47 Å². The van der Waals surface area contributed by atoms with Crippen molar-refractivity contribution in [2.24, 2.45) is 4.99 Å². The molecule has 10 heteroatoms. The zero-order chi connectivity index (χ0) is 29.5. The number of nitriles is 1. The standard InChI is InChI=1S/C32H30N4O5S/c1-3-36-31(38)29(42-32(36)34-26-10-6-9-23(19-26)30(37)35-13-15-40-16-14-35)18-22-11-12-27(28(17-22)39-2)41-21-25-8-5-4-7-24(25)20-33/h4-12,17-19H,3,13-16,21H2,1-2H3/b29-18+,34-32?. The molecule has 0 aliphatic carbocycles. The van der Waals surface area contributed by atoms with Gasteiger partial charge in [-0.2, -0.15) is 5.26 Å². The SMILES string of the molecule is CCN1C(=O)/C(=C\c2ccc(OCc3ccccc3C#N)c(OC)c2)SC1=Nc1cccc(C(=O)N2CCOCC2)c1. The van der Waals surface area contributed by atoms with Gasteiger partial charge in [0.2, 0.25) is 0 Å². The first-order chi connectivity index (χ1) is 20.5. The molecule has 0 aromatic heterocycles. The summed E-state index contributed by atoms with van der Waals surface area (Å²) >= 11 is 1.29. The normalized spacial score (nSPS) is 17.0. The number of amidine groups is 1. The smallest absolute Gasteiger partial charge is 0.266 e. The van der Waals surface area contributed by atoms with Crippen LogP contribution in [0, 0.1) is 11.3 Å². The molecule has 2 saturated heterocycles. The number of aliphatic imine (C=N–C) groups is 1. The Balaban J connectivity index is 1.34. The highest BCUT2D eigenvalue weighted by Crippen LogP contribution is 2.36. The minimum Gasteiger partial charge on any atom is -0.493 e. The molecule has 0 unspecified atom stereocenters. The zero-order valence-electron chi connectivity index (χ0n) is 23.4. The van der Waals surface area contributed by atoms with E-state index in [1.54, 1.807) is 59.4 Å². The van der Waals surface area contributed by atoms with Gasteiger partial charge in [0.25, 0.3) is 11.8 Å². The number of likely N-dealkylation sites (N-methyl/N-ethyl adjacent to an activating group) is 1. The van der Waals surface area contributed by atoms with E-state index in [-0.39, 0.29) is 18.4 Å². The Morgan fingerprint density at radius 2 is 1.90 bits per heavy atom. The summed E-state index contributed by atoms with van der Waals surface area (Å²) in [6.07, 6.45) is 1.80. The highest BCUT2D eigenvalue weighted by Gasteiger charge is 2.32. The quantitative estimate of drug-likeness (QED) is 0.335. The summed E-state index contributed by atoms with van der Waals surface area (Å²) < 4.78 is 16.9. The number of nitrogens with zero attached hydrogens (tertiary/aromatic N) is 4. The fraction of sp³-hybridized carbons (Fsp3) is 0.250. The highest BCUT2D eigenvalue weighted by atomic mass is 32.2. The fourth-order valence-corrected chi connectivity index (χ4v) is 5.66. The van der Waals surface area contributed by atoms with Crippen molar-refractivity contribution in [3.8, 4) is 17.6 Å². The molecule has 0 saturated carbocycles. The second-order valence-corrected chi connectivity index (χ2v) is 10.5.